The van der Waals surface area contributed by atoms with E-state index in [-0.39, 0.29) is 0 Å². The molecular formula is C8H19N4O2-. The van der Waals surface area contributed by atoms with E-state index in [1.54, 1.807) is 7.05 Å². The Kier molecular flexibility index (Phi) is 8.20. The van der Waals surface area contributed by atoms with Gasteiger partial charge in [-0.15, -0.1) is 0 Å². The molecule has 1 amide bonds. The Hall–Kier alpha value is -0.850. The second-order valence-corrected chi connectivity index (χ2v) is 2.91. The van der Waals surface area contributed by atoms with Gasteiger partial charge in [0.25, 0.3) is 0 Å². The maximum atomic E-state index is 9.70. The van der Waals surface area contributed by atoms with Gasteiger partial charge in [0, 0.05) is 39.8 Å². The molecule has 0 aromatic carbocycles. The van der Waals surface area contributed by atoms with Crippen molar-refractivity contribution in [3.63, 3.8) is 0 Å². The largest absolute Gasteiger partial charge is 0.529 e. The van der Waals surface area contributed by atoms with Crippen LogP contribution in [0, 0.1) is 0 Å². The third-order valence-corrected chi connectivity index (χ3v) is 1.71. The fourth-order valence-electron chi connectivity index (χ4n) is 0.838. The van der Waals surface area contributed by atoms with E-state index >= 15 is 0 Å². The van der Waals surface area contributed by atoms with Crippen LogP contribution in [0.25, 0.3) is 0 Å². The van der Waals surface area contributed by atoms with Crippen LogP contribution in [0.3, 0.4) is 0 Å². The summed E-state index contributed by atoms with van der Waals surface area (Å²) < 4.78 is 0. The van der Waals surface area contributed by atoms with Crippen molar-refractivity contribution in [2.24, 2.45) is 0 Å². The van der Waals surface area contributed by atoms with Crippen molar-refractivity contribution in [2.45, 2.75) is 6.92 Å². The van der Waals surface area contributed by atoms with Crippen molar-refractivity contribution in [3.05, 3.63) is 0 Å². The monoisotopic (exact) mass is 203 g/mol. The number of carboxylic acid groups (broad SMARTS) is 1. The van der Waals surface area contributed by atoms with Crippen LogP contribution in [-0.4, -0.2) is 50.9 Å². The Bertz CT molecular complexity index is 139. The summed E-state index contributed by atoms with van der Waals surface area (Å²) in [6.07, 6.45) is -1.27. The quantitative estimate of drug-likeness (QED) is 0.451. The standard InChI is InChI=1S/C4H10N2O2.C4H10N2/c1-3-6(2)5-4(7)8;1-2-6-4-3-5-1/h5H,3H2,1-2H3,(H,7,8);5-6H,1-4H2/p-1. The van der Waals surface area contributed by atoms with Gasteiger partial charge in [-0.25, -0.2) is 5.01 Å². The molecule has 0 radical (unpaired) electrons. The van der Waals surface area contributed by atoms with Crippen molar-refractivity contribution >= 4 is 6.09 Å². The van der Waals surface area contributed by atoms with Crippen molar-refractivity contribution in [3.8, 4) is 0 Å². The summed E-state index contributed by atoms with van der Waals surface area (Å²) in [5.41, 5.74) is 2.03. The van der Waals surface area contributed by atoms with Gasteiger partial charge in [0.2, 0.25) is 0 Å². The number of hydrazine groups is 1. The number of nitrogens with zero attached hydrogens (tertiary/aromatic N) is 1. The minimum absolute atomic E-state index is 0.633. The molecule has 3 N–H and O–H groups in total. The first kappa shape index (κ1) is 13.2. The smallest absolute Gasteiger partial charge is 0.149 e. The van der Waals surface area contributed by atoms with E-state index < -0.39 is 6.09 Å². The summed E-state index contributed by atoms with van der Waals surface area (Å²) in [4.78, 5) is 9.70. The van der Waals surface area contributed by atoms with E-state index in [1.165, 1.54) is 5.01 Å². The SMILES string of the molecule is C1CNCCN1.CCN(C)NC(=O)[O-]. The number of nitrogens with one attached hydrogen (secondary N) is 3. The lowest BCUT2D eigenvalue weighted by atomic mass is 10.4. The molecule has 0 aromatic heterocycles. The molecule has 0 atom stereocenters. The summed E-state index contributed by atoms with van der Waals surface area (Å²) in [6.45, 7) is 7.02. The summed E-state index contributed by atoms with van der Waals surface area (Å²) in [6, 6.07) is 0. The van der Waals surface area contributed by atoms with Crippen LogP contribution in [-0.2, 0) is 0 Å². The molecule has 0 saturated carbocycles. The van der Waals surface area contributed by atoms with Gasteiger partial charge in [-0.3, -0.25) is 0 Å². The Morgan fingerprint density at radius 1 is 1.36 bits per heavy atom. The second-order valence-electron chi connectivity index (χ2n) is 2.91. The van der Waals surface area contributed by atoms with Crippen LogP contribution in [0.4, 0.5) is 4.79 Å². The Morgan fingerprint density at radius 3 is 1.93 bits per heavy atom. The van der Waals surface area contributed by atoms with E-state index in [4.69, 9.17) is 0 Å². The zero-order valence-corrected chi connectivity index (χ0v) is 8.80. The molecule has 1 fully saturated rings. The molecule has 0 unspecified atom stereocenters. The van der Waals surface area contributed by atoms with Gasteiger partial charge in [0.05, 0.1) is 0 Å². The van der Waals surface area contributed by atoms with Gasteiger partial charge in [0.15, 0.2) is 0 Å². The van der Waals surface area contributed by atoms with Gasteiger partial charge < -0.3 is 26.0 Å². The van der Waals surface area contributed by atoms with Crippen LogP contribution < -0.4 is 21.2 Å². The van der Waals surface area contributed by atoms with Crippen LogP contribution in [0.15, 0.2) is 0 Å². The summed E-state index contributed by atoms with van der Waals surface area (Å²) in [5, 5.41) is 17.6. The summed E-state index contributed by atoms with van der Waals surface area (Å²) in [5.74, 6) is 0. The summed E-state index contributed by atoms with van der Waals surface area (Å²) >= 11 is 0. The Balaban J connectivity index is 0.000000249. The van der Waals surface area contributed by atoms with E-state index in [0.717, 1.165) is 26.2 Å². The van der Waals surface area contributed by atoms with Gasteiger partial charge >= 0.3 is 0 Å². The molecule has 1 rings (SSSR count). The van der Waals surface area contributed by atoms with E-state index in [9.17, 15) is 9.90 Å². The highest BCUT2D eigenvalue weighted by atomic mass is 16.4. The number of carbonyl (C=O) groups excluding carboxylic acids is 1. The van der Waals surface area contributed by atoms with Gasteiger partial charge in [-0.2, -0.15) is 0 Å². The Morgan fingerprint density at radius 2 is 1.79 bits per heavy atom. The zero-order valence-electron chi connectivity index (χ0n) is 8.80. The van der Waals surface area contributed by atoms with Crippen molar-refractivity contribution in [1.82, 2.24) is 21.1 Å². The maximum Gasteiger partial charge on any atom is 0.149 e. The van der Waals surface area contributed by atoms with Gasteiger partial charge in [-0.05, 0) is 0 Å². The molecule has 6 heteroatoms. The number of hydrogen-bond donors (Lipinski definition) is 3. The fourth-order valence-corrected chi connectivity index (χ4v) is 0.838. The molecule has 14 heavy (non-hydrogen) atoms. The molecule has 0 aromatic rings. The average molecular weight is 203 g/mol. The fraction of sp³-hybridized carbons (Fsp3) is 0.875. The normalized spacial score (nSPS) is 15.6. The highest BCUT2D eigenvalue weighted by Gasteiger charge is 1.91. The van der Waals surface area contributed by atoms with Gasteiger partial charge in [0.1, 0.15) is 6.09 Å². The molecule has 1 aliphatic rings. The highest BCUT2D eigenvalue weighted by molar-refractivity contribution is 5.60. The van der Waals surface area contributed by atoms with E-state index in [1.807, 2.05) is 12.3 Å². The van der Waals surface area contributed by atoms with Crippen molar-refractivity contribution < 1.29 is 9.90 Å². The molecule has 6 nitrogen and oxygen atoms in total. The first-order valence-electron chi connectivity index (χ1n) is 4.77. The van der Waals surface area contributed by atoms with Gasteiger partial charge in [-0.1, -0.05) is 6.92 Å². The third kappa shape index (κ3) is 9.24. The van der Waals surface area contributed by atoms with Crippen LogP contribution in [0.1, 0.15) is 6.92 Å². The lowest BCUT2D eigenvalue weighted by molar-refractivity contribution is -0.256. The van der Waals surface area contributed by atoms with Crippen LogP contribution >= 0.6 is 0 Å². The minimum atomic E-state index is -1.27. The van der Waals surface area contributed by atoms with Crippen molar-refractivity contribution in [2.75, 3.05) is 39.8 Å². The third-order valence-electron chi connectivity index (χ3n) is 1.71. The molecule has 84 valence electrons. The zero-order chi connectivity index (χ0) is 10.8. The molecule has 0 spiro atoms. The molecule has 0 aliphatic carbocycles. The Labute approximate surface area is 84.6 Å². The number of amides is 1. The molecule has 1 heterocycles. The number of rotatable bonds is 2. The predicted octanol–water partition coefficient (Wildman–Crippen LogP) is -2.03. The highest BCUT2D eigenvalue weighted by Crippen LogP contribution is 1.68. The van der Waals surface area contributed by atoms with Crippen LogP contribution in [0.2, 0.25) is 0 Å². The number of hydrogen-bond acceptors (Lipinski definition) is 5. The molecule has 1 saturated heterocycles. The average Bonchev–Trinajstić information content (AvgIpc) is 2.20. The van der Waals surface area contributed by atoms with Crippen LogP contribution in [0.5, 0.6) is 0 Å². The number of carbonyl (C=O) groups is 1. The second kappa shape index (κ2) is 8.74. The first-order valence-corrected chi connectivity index (χ1v) is 4.77. The lowest BCUT2D eigenvalue weighted by Gasteiger charge is -2.16. The number of piperazine rings is 1. The topological polar surface area (TPSA) is 79.5 Å². The van der Waals surface area contributed by atoms with E-state index in [2.05, 4.69) is 10.6 Å². The van der Waals surface area contributed by atoms with Crippen molar-refractivity contribution in [1.29, 1.82) is 0 Å². The molecule has 1 aliphatic heterocycles. The maximum absolute atomic E-state index is 9.70. The molecular weight excluding hydrogens is 184 g/mol. The minimum Gasteiger partial charge on any atom is -0.529 e. The molecule has 0 bridgehead atoms. The lowest BCUT2D eigenvalue weighted by Crippen LogP contribution is -2.46. The first-order chi connectivity index (χ1) is 6.66. The summed E-state index contributed by atoms with van der Waals surface area (Å²) in [7, 11) is 1.62. The van der Waals surface area contributed by atoms with E-state index in [0.29, 0.717) is 6.54 Å². The predicted molar refractivity (Wildman–Crippen MR) is 52.6 cm³/mol.